The van der Waals surface area contributed by atoms with E-state index in [1.54, 1.807) is 12.1 Å². The molecule has 0 saturated carbocycles. The van der Waals surface area contributed by atoms with Crippen molar-refractivity contribution >= 4 is 23.3 Å². The number of hydroxylamine groups is 1. The molecule has 92 valence electrons. The normalized spacial score (nSPS) is 11.3. The Bertz CT molecular complexity index is 401. The first-order chi connectivity index (χ1) is 8.13. The summed E-state index contributed by atoms with van der Waals surface area (Å²) in [6.07, 6.45) is 1.80. The van der Waals surface area contributed by atoms with Crippen molar-refractivity contribution in [3.63, 3.8) is 0 Å². The van der Waals surface area contributed by atoms with Crippen molar-refractivity contribution in [3.05, 3.63) is 40.9 Å². The van der Waals surface area contributed by atoms with Gasteiger partial charge in [-0.15, -0.1) is 0 Å². The molecule has 4 nitrogen and oxygen atoms in total. The molecule has 1 aromatic carbocycles. The summed E-state index contributed by atoms with van der Waals surface area (Å²) in [7, 11) is 0. The lowest BCUT2D eigenvalue weighted by molar-refractivity contribution is -0.138. The van der Waals surface area contributed by atoms with Gasteiger partial charge in [0.15, 0.2) is 0 Å². The number of nitrogens with one attached hydrogen (secondary N) is 1. The second-order valence-electron chi connectivity index (χ2n) is 3.30. The number of allylic oxidation sites excluding steroid dienone is 1. The molecule has 0 aliphatic heterocycles. The Morgan fingerprint density at radius 1 is 1.47 bits per heavy atom. The van der Waals surface area contributed by atoms with E-state index in [2.05, 4.69) is 5.48 Å². The van der Waals surface area contributed by atoms with Crippen LogP contribution in [-0.4, -0.2) is 17.7 Å². The number of carboxylic acid groups (broad SMARTS) is 1. The van der Waals surface area contributed by atoms with Crippen LogP contribution in [-0.2, 0) is 9.63 Å². The first-order valence-electron chi connectivity index (χ1n) is 5.15. The smallest absolute Gasteiger partial charge is 0.305 e. The van der Waals surface area contributed by atoms with Gasteiger partial charge in [0, 0.05) is 5.02 Å². The van der Waals surface area contributed by atoms with Crippen molar-refractivity contribution in [2.75, 3.05) is 6.61 Å². The van der Waals surface area contributed by atoms with E-state index in [0.717, 1.165) is 11.3 Å². The summed E-state index contributed by atoms with van der Waals surface area (Å²) in [5.74, 6) is -0.889. The standard InChI is InChI=1S/C12H14ClNO3/c1-2-11(14-17-8-7-12(15)16)9-3-5-10(13)6-4-9/h2-6,14H,7-8H2,1H3,(H,15,16). The minimum absolute atomic E-state index is 0.0371. The van der Waals surface area contributed by atoms with Gasteiger partial charge in [-0.25, -0.2) is 0 Å². The fourth-order valence-corrected chi connectivity index (χ4v) is 1.31. The fraction of sp³-hybridized carbons (Fsp3) is 0.250. The van der Waals surface area contributed by atoms with Gasteiger partial charge in [-0.2, -0.15) is 0 Å². The van der Waals surface area contributed by atoms with E-state index >= 15 is 0 Å². The molecule has 17 heavy (non-hydrogen) atoms. The van der Waals surface area contributed by atoms with Crippen LogP contribution in [0, 0.1) is 0 Å². The van der Waals surface area contributed by atoms with Crippen molar-refractivity contribution in [1.82, 2.24) is 5.48 Å². The van der Waals surface area contributed by atoms with Crippen molar-refractivity contribution < 1.29 is 14.7 Å². The van der Waals surface area contributed by atoms with Crippen molar-refractivity contribution in [2.45, 2.75) is 13.3 Å². The molecule has 5 heteroatoms. The summed E-state index contributed by atoms with van der Waals surface area (Å²) >= 11 is 5.78. The summed E-state index contributed by atoms with van der Waals surface area (Å²) in [6.45, 7) is 1.97. The highest BCUT2D eigenvalue weighted by Gasteiger charge is 2.01. The molecular weight excluding hydrogens is 242 g/mol. The van der Waals surface area contributed by atoms with E-state index in [0.29, 0.717) is 5.02 Å². The molecule has 0 aliphatic carbocycles. The van der Waals surface area contributed by atoms with Gasteiger partial charge in [0.25, 0.3) is 0 Å². The Labute approximate surface area is 105 Å². The van der Waals surface area contributed by atoms with Crippen LogP contribution in [0.5, 0.6) is 0 Å². The van der Waals surface area contributed by atoms with Crippen molar-refractivity contribution in [1.29, 1.82) is 0 Å². The second-order valence-corrected chi connectivity index (χ2v) is 3.74. The molecule has 0 radical (unpaired) electrons. The lowest BCUT2D eigenvalue weighted by Gasteiger charge is -2.10. The van der Waals surface area contributed by atoms with Crippen LogP contribution in [0.3, 0.4) is 0 Å². The number of benzene rings is 1. The zero-order valence-electron chi connectivity index (χ0n) is 9.44. The van der Waals surface area contributed by atoms with Crippen LogP contribution in [0.4, 0.5) is 0 Å². The first-order valence-corrected chi connectivity index (χ1v) is 5.53. The van der Waals surface area contributed by atoms with E-state index in [1.807, 2.05) is 25.1 Å². The molecule has 0 bridgehead atoms. The quantitative estimate of drug-likeness (QED) is 0.606. The lowest BCUT2D eigenvalue weighted by Crippen LogP contribution is -2.15. The Hall–Kier alpha value is -1.52. The molecule has 0 aliphatic rings. The minimum atomic E-state index is -0.889. The maximum Gasteiger partial charge on any atom is 0.305 e. The van der Waals surface area contributed by atoms with Gasteiger partial charge in [0.2, 0.25) is 0 Å². The maximum absolute atomic E-state index is 10.3. The van der Waals surface area contributed by atoms with Gasteiger partial charge in [-0.3, -0.25) is 15.1 Å². The molecule has 0 amide bonds. The Balaban J connectivity index is 2.49. The maximum atomic E-state index is 10.3. The van der Waals surface area contributed by atoms with Crippen LogP contribution < -0.4 is 5.48 Å². The van der Waals surface area contributed by atoms with E-state index in [-0.39, 0.29) is 13.0 Å². The summed E-state index contributed by atoms with van der Waals surface area (Å²) in [6, 6.07) is 7.26. The number of carboxylic acids is 1. The molecule has 0 spiro atoms. The number of aliphatic carboxylic acids is 1. The first kappa shape index (κ1) is 13.5. The van der Waals surface area contributed by atoms with Gasteiger partial charge < -0.3 is 5.11 Å². The summed E-state index contributed by atoms with van der Waals surface area (Å²) in [4.78, 5) is 15.3. The highest BCUT2D eigenvalue weighted by molar-refractivity contribution is 6.30. The number of rotatable bonds is 6. The van der Waals surface area contributed by atoms with Gasteiger partial charge in [-0.05, 0) is 24.6 Å². The highest BCUT2D eigenvalue weighted by Crippen LogP contribution is 2.15. The van der Waals surface area contributed by atoms with E-state index in [4.69, 9.17) is 21.5 Å². The minimum Gasteiger partial charge on any atom is -0.481 e. The molecular formula is C12H14ClNO3. The predicted octanol–water partition coefficient (Wildman–Crippen LogP) is 2.70. The van der Waals surface area contributed by atoms with Crippen molar-refractivity contribution in [3.8, 4) is 0 Å². The highest BCUT2D eigenvalue weighted by atomic mass is 35.5. The van der Waals surface area contributed by atoms with Crippen molar-refractivity contribution in [2.24, 2.45) is 0 Å². The van der Waals surface area contributed by atoms with Crippen LogP contribution in [0.15, 0.2) is 30.3 Å². The van der Waals surface area contributed by atoms with E-state index in [9.17, 15) is 4.79 Å². The van der Waals surface area contributed by atoms with Gasteiger partial charge >= 0.3 is 5.97 Å². The number of hydrogen-bond donors (Lipinski definition) is 2. The van der Waals surface area contributed by atoms with Gasteiger partial charge in [0.1, 0.15) is 0 Å². The zero-order valence-corrected chi connectivity index (χ0v) is 10.2. The average Bonchev–Trinajstić information content (AvgIpc) is 2.30. The number of carbonyl (C=O) groups is 1. The lowest BCUT2D eigenvalue weighted by atomic mass is 10.1. The third kappa shape index (κ3) is 4.89. The van der Waals surface area contributed by atoms with Crippen LogP contribution in [0.1, 0.15) is 18.9 Å². The van der Waals surface area contributed by atoms with E-state index in [1.165, 1.54) is 0 Å². The zero-order chi connectivity index (χ0) is 12.7. The van der Waals surface area contributed by atoms with Gasteiger partial charge in [0.05, 0.1) is 18.7 Å². The third-order valence-corrected chi connectivity index (χ3v) is 2.30. The number of hydrogen-bond acceptors (Lipinski definition) is 3. The second kappa shape index (κ2) is 6.93. The third-order valence-electron chi connectivity index (χ3n) is 2.04. The Morgan fingerprint density at radius 2 is 2.12 bits per heavy atom. The molecule has 1 rings (SSSR count). The van der Waals surface area contributed by atoms with Gasteiger partial charge in [-0.1, -0.05) is 29.8 Å². The molecule has 1 aromatic rings. The monoisotopic (exact) mass is 255 g/mol. The fourth-order valence-electron chi connectivity index (χ4n) is 1.18. The summed E-state index contributed by atoms with van der Waals surface area (Å²) in [5, 5.41) is 9.11. The average molecular weight is 256 g/mol. The van der Waals surface area contributed by atoms with Crippen LogP contribution in [0.2, 0.25) is 5.02 Å². The molecule has 0 heterocycles. The summed E-state index contributed by atoms with van der Waals surface area (Å²) < 4.78 is 0. The molecule has 0 aromatic heterocycles. The topological polar surface area (TPSA) is 58.6 Å². The summed E-state index contributed by atoms with van der Waals surface area (Å²) in [5.41, 5.74) is 4.41. The Kier molecular flexibility index (Phi) is 5.52. The molecule has 2 N–H and O–H groups in total. The number of halogens is 1. The Morgan fingerprint density at radius 3 is 2.65 bits per heavy atom. The van der Waals surface area contributed by atoms with Crippen LogP contribution in [0.25, 0.3) is 5.70 Å². The van der Waals surface area contributed by atoms with Crippen LogP contribution >= 0.6 is 11.6 Å². The molecule has 0 atom stereocenters. The molecule has 0 fully saturated rings. The molecule has 0 saturated heterocycles. The largest absolute Gasteiger partial charge is 0.481 e. The predicted molar refractivity (Wildman–Crippen MR) is 66.4 cm³/mol. The van der Waals surface area contributed by atoms with E-state index < -0.39 is 5.97 Å². The SMILES string of the molecule is CC=C(NOCCC(=O)O)c1ccc(Cl)cc1. The molecule has 0 unspecified atom stereocenters.